The van der Waals surface area contributed by atoms with E-state index >= 15 is 0 Å². The van der Waals surface area contributed by atoms with Crippen LogP contribution in [0.2, 0.25) is 0 Å². The number of carbonyl (C=O) groups excluding carboxylic acids is 2. The molecular weight excluding hydrogens is 547 g/mol. The first-order chi connectivity index (χ1) is 19.4. The Morgan fingerprint density at radius 1 is 1.07 bits per heavy atom. The number of pyridine rings is 2. The third kappa shape index (κ3) is 6.42. The standard InChI is InChI=1S/C29H23F5N4O3/c30-28(31)9-10-38(16-28)27(40)18-3-7-24(36-15-18)19-11-20-12-22(41-26(20)23(13-19)29(32,33)34)6-5-21(39)4-1-17-2-8-25(35)37-14-17/h1-4,7-8,11-15H,5-6,9-10,16H2,(H2,35,37)/b4-1+. The number of carbonyl (C=O) groups is 2. The van der Waals surface area contributed by atoms with Gasteiger partial charge in [-0.2, -0.15) is 13.2 Å². The van der Waals surface area contributed by atoms with Crippen LogP contribution in [0.4, 0.5) is 27.8 Å². The normalized spacial score (nSPS) is 15.2. The number of nitrogens with two attached hydrogens (primary N) is 1. The fourth-order valence-electron chi connectivity index (χ4n) is 4.51. The predicted octanol–water partition coefficient (Wildman–Crippen LogP) is 6.19. The van der Waals surface area contributed by atoms with Crippen molar-refractivity contribution in [3.8, 4) is 11.3 Å². The number of fused-ring (bicyclic) bond motifs is 1. The van der Waals surface area contributed by atoms with Crippen LogP contribution in [-0.4, -0.2) is 45.6 Å². The summed E-state index contributed by atoms with van der Waals surface area (Å²) in [6.45, 7) is -0.784. The number of nitrogen functional groups attached to an aromatic ring is 1. The second-order valence-corrected chi connectivity index (χ2v) is 9.73. The maximum atomic E-state index is 14.0. The third-order valence-corrected chi connectivity index (χ3v) is 6.62. The number of hydrogen-bond donors (Lipinski definition) is 1. The monoisotopic (exact) mass is 570 g/mol. The molecule has 12 heteroatoms. The van der Waals surface area contributed by atoms with E-state index in [1.165, 1.54) is 36.5 Å². The van der Waals surface area contributed by atoms with Crippen molar-refractivity contribution in [1.82, 2.24) is 14.9 Å². The van der Waals surface area contributed by atoms with Gasteiger partial charge in [-0.15, -0.1) is 0 Å². The smallest absolute Gasteiger partial charge is 0.420 e. The van der Waals surface area contributed by atoms with Gasteiger partial charge in [0.25, 0.3) is 11.8 Å². The molecule has 5 rings (SSSR count). The summed E-state index contributed by atoms with van der Waals surface area (Å²) in [5, 5.41) is 0.169. The number of furan rings is 1. The second-order valence-electron chi connectivity index (χ2n) is 9.73. The van der Waals surface area contributed by atoms with Gasteiger partial charge in [0.1, 0.15) is 17.2 Å². The van der Waals surface area contributed by atoms with Gasteiger partial charge in [-0.3, -0.25) is 14.6 Å². The Kier molecular flexibility index (Phi) is 7.33. The minimum atomic E-state index is -4.74. The molecule has 41 heavy (non-hydrogen) atoms. The lowest BCUT2D eigenvalue weighted by atomic mass is 10.0. The number of halogens is 5. The van der Waals surface area contributed by atoms with Crippen LogP contribution in [0.15, 0.2) is 65.4 Å². The molecule has 1 aliphatic heterocycles. The van der Waals surface area contributed by atoms with Crippen LogP contribution in [0.1, 0.15) is 40.1 Å². The predicted molar refractivity (Wildman–Crippen MR) is 141 cm³/mol. The highest BCUT2D eigenvalue weighted by Gasteiger charge is 2.40. The Hall–Kier alpha value is -4.61. The van der Waals surface area contributed by atoms with E-state index in [1.54, 1.807) is 18.2 Å². The highest BCUT2D eigenvalue weighted by atomic mass is 19.4. The number of likely N-dealkylation sites (tertiary alicyclic amines) is 1. The summed E-state index contributed by atoms with van der Waals surface area (Å²) >= 11 is 0. The Balaban J connectivity index is 1.34. The number of anilines is 1. The molecule has 0 saturated carbocycles. The van der Waals surface area contributed by atoms with Gasteiger partial charge >= 0.3 is 6.18 Å². The van der Waals surface area contributed by atoms with Gasteiger partial charge in [0.05, 0.1) is 23.4 Å². The van der Waals surface area contributed by atoms with Crippen molar-refractivity contribution in [2.24, 2.45) is 0 Å². The molecule has 1 fully saturated rings. The minimum absolute atomic E-state index is 0.00687. The van der Waals surface area contributed by atoms with Crippen molar-refractivity contribution in [2.45, 2.75) is 31.4 Å². The zero-order chi connectivity index (χ0) is 29.4. The topological polar surface area (TPSA) is 102 Å². The van der Waals surface area contributed by atoms with Gasteiger partial charge in [-0.25, -0.2) is 13.8 Å². The quantitative estimate of drug-likeness (QED) is 0.210. The number of alkyl halides is 5. The van der Waals surface area contributed by atoms with E-state index in [-0.39, 0.29) is 58.7 Å². The first kappa shape index (κ1) is 27.9. The first-order valence-corrected chi connectivity index (χ1v) is 12.6. The fraction of sp³-hybridized carbons (Fsp3) is 0.241. The Morgan fingerprint density at radius 3 is 2.51 bits per heavy atom. The second kappa shape index (κ2) is 10.8. The molecule has 4 heterocycles. The van der Waals surface area contributed by atoms with E-state index < -0.39 is 36.5 Å². The highest BCUT2D eigenvalue weighted by molar-refractivity contribution is 5.95. The molecule has 3 aromatic heterocycles. The fourth-order valence-corrected chi connectivity index (χ4v) is 4.51. The van der Waals surface area contributed by atoms with Crippen LogP contribution >= 0.6 is 0 Å². The van der Waals surface area contributed by atoms with E-state index in [9.17, 15) is 31.5 Å². The van der Waals surface area contributed by atoms with Crippen LogP contribution in [0.25, 0.3) is 28.3 Å². The number of benzene rings is 1. The zero-order valence-electron chi connectivity index (χ0n) is 21.4. The number of allylic oxidation sites excluding steroid dienone is 1. The molecule has 1 aliphatic rings. The molecule has 0 radical (unpaired) electrons. The average molecular weight is 571 g/mol. The SMILES string of the molecule is Nc1ccc(/C=C/C(=O)CCc2cc3cc(-c4ccc(C(=O)N5CCC(F)(F)C5)cn4)cc(C(F)(F)F)c3o2)cn1. The van der Waals surface area contributed by atoms with Gasteiger partial charge in [-0.1, -0.05) is 0 Å². The Bertz CT molecular complexity index is 1630. The summed E-state index contributed by atoms with van der Waals surface area (Å²) in [4.78, 5) is 33.9. The lowest BCUT2D eigenvalue weighted by molar-refractivity contribution is -0.136. The van der Waals surface area contributed by atoms with Crippen LogP contribution < -0.4 is 5.73 Å². The molecule has 7 nitrogen and oxygen atoms in total. The van der Waals surface area contributed by atoms with Crippen LogP contribution in [-0.2, 0) is 17.4 Å². The molecule has 0 atom stereocenters. The molecule has 2 N–H and O–H groups in total. The summed E-state index contributed by atoms with van der Waals surface area (Å²) in [5.41, 5.74) is 5.15. The largest absolute Gasteiger partial charge is 0.460 e. The Labute approximate surface area is 230 Å². The summed E-state index contributed by atoms with van der Waals surface area (Å²) in [5.74, 6) is -3.28. The van der Waals surface area contributed by atoms with Crippen molar-refractivity contribution in [3.05, 3.63) is 83.4 Å². The molecule has 0 unspecified atom stereocenters. The van der Waals surface area contributed by atoms with Crippen LogP contribution in [0, 0.1) is 0 Å². The van der Waals surface area contributed by atoms with Gasteiger partial charge in [0.15, 0.2) is 5.78 Å². The number of hydrogen-bond acceptors (Lipinski definition) is 6. The lowest BCUT2D eigenvalue weighted by Crippen LogP contribution is -2.31. The number of ketones is 1. The van der Waals surface area contributed by atoms with Crippen molar-refractivity contribution in [3.63, 3.8) is 0 Å². The maximum absolute atomic E-state index is 14.0. The summed E-state index contributed by atoms with van der Waals surface area (Å²) < 4.78 is 74.4. The number of nitrogens with zero attached hydrogens (tertiary/aromatic N) is 3. The van der Waals surface area contributed by atoms with E-state index in [1.807, 2.05) is 0 Å². The third-order valence-electron chi connectivity index (χ3n) is 6.62. The molecular formula is C29H23F5N4O3. The zero-order valence-corrected chi connectivity index (χ0v) is 21.4. The van der Waals surface area contributed by atoms with Crippen molar-refractivity contribution in [1.29, 1.82) is 0 Å². The minimum Gasteiger partial charge on any atom is -0.460 e. The van der Waals surface area contributed by atoms with Crippen LogP contribution in [0.5, 0.6) is 0 Å². The molecule has 212 valence electrons. The molecule has 4 aromatic rings. The lowest BCUT2D eigenvalue weighted by Gasteiger charge is -2.16. The van der Waals surface area contributed by atoms with Crippen molar-refractivity contribution < 1.29 is 36.0 Å². The summed E-state index contributed by atoms with van der Waals surface area (Å²) in [6, 6.07) is 9.81. The average Bonchev–Trinajstić information content (AvgIpc) is 3.52. The molecule has 1 saturated heterocycles. The highest BCUT2D eigenvalue weighted by Crippen LogP contribution is 2.39. The van der Waals surface area contributed by atoms with Gasteiger partial charge < -0.3 is 15.1 Å². The van der Waals surface area contributed by atoms with E-state index in [0.717, 1.165) is 17.2 Å². The number of aryl methyl sites for hydroxylation is 1. The Morgan fingerprint density at radius 2 is 1.88 bits per heavy atom. The summed E-state index contributed by atoms with van der Waals surface area (Å²) in [6.07, 6.45) is 0.491. The number of aromatic nitrogens is 2. The van der Waals surface area contributed by atoms with E-state index in [2.05, 4.69) is 9.97 Å². The van der Waals surface area contributed by atoms with Crippen LogP contribution in [0.3, 0.4) is 0 Å². The maximum Gasteiger partial charge on any atom is 0.420 e. The van der Waals surface area contributed by atoms with Gasteiger partial charge in [-0.05, 0) is 60.2 Å². The van der Waals surface area contributed by atoms with Gasteiger partial charge in [0.2, 0.25) is 0 Å². The van der Waals surface area contributed by atoms with E-state index in [4.69, 9.17) is 10.2 Å². The summed E-state index contributed by atoms with van der Waals surface area (Å²) in [7, 11) is 0. The molecule has 1 aromatic carbocycles. The van der Waals surface area contributed by atoms with Crippen molar-refractivity contribution in [2.75, 3.05) is 18.8 Å². The number of amides is 1. The molecule has 0 bridgehead atoms. The van der Waals surface area contributed by atoms with Crippen molar-refractivity contribution >= 4 is 34.6 Å². The molecule has 0 spiro atoms. The molecule has 1 amide bonds. The first-order valence-electron chi connectivity index (χ1n) is 12.6. The van der Waals surface area contributed by atoms with E-state index in [0.29, 0.717) is 11.4 Å². The van der Waals surface area contributed by atoms with Gasteiger partial charge in [0, 0.05) is 49.2 Å². The number of rotatable bonds is 7. The molecule has 0 aliphatic carbocycles.